The lowest BCUT2D eigenvalue weighted by atomic mass is 10.1. The van der Waals surface area contributed by atoms with Crippen LogP contribution in [0.2, 0.25) is 0 Å². The first-order valence-electron chi connectivity index (χ1n) is 10.9. The summed E-state index contributed by atoms with van der Waals surface area (Å²) >= 11 is 0. The number of aryl methyl sites for hydroxylation is 1. The van der Waals surface area contributed by atoms with Gasteiger partial charge in [-0.2, -0.15) is 0 Å². The molecule has 0 N–H and O–H groups in total. The van der Waals surface area contributed by atoms with Gasteiger partial charge in [-0.1, -0.05) is 31.4 Å². The van der Waals surface area contributed by atoms with Crippen LogP contribution in [0.15, 0.2) is 30.5 Å². The second-order valence-corrected chi connectivity index (χ2v) is 9.88. The first-order chi connectivity index (χ1) is 14.8. The van der Waals surface area contributed by atoms with Crippen LogP contribution in [-0.4, -0.2) is 42.0 Å². The second-order valence-electron chi connectivity index (χ2n) is 7.76. The molecule has 0 atom stereocenters. The fourth-order valence-corrected chi connectivity index (χ4v) is 4.42. The minimum absolute atomic E-state index is 0.145. The van der Waals surface area contributed by atoms with Crippen LogP contribution in [0.5, 0.6) is 5.75 Å². The van der Waals surface area contributed by atoms with E-state index in [0.717, 1.165) is 44.3 Å². The molecular weight excluding hydrogens is 416 g/mol. The van der Waals surface area contributed by atoms with Crippen molar-refractivity contribution in [2.75, 3.05) is 17.1 Å². The fourth-order valence-electron chi connectivity index (χ4n) is 3.05. The number of anilines is 1. The predicted molar refractivity (Wildman–Crippen MR) is 122 cm³/mol. The molecular formula is C22H34N4O4S. The molecule has 0 radical (unpaired) electrons. The third-order valence-corrected chi connectivity index (χ3v) is 6.86. The van der Waals surface area contributed by atoms with Crippen LogP contribution in [0.4, 0.5) is 5.69 Å². The monoisotopic (exact) mass is 450 g/mol. The average molecular weight is 451 g/mol. The van der Waals surface area contributed by atoms with Crippen LogP contribution < -0.4 is 9.04 Å². The number of ether oxygens (including phenoxy) is 1. The number of nitrogens with zero attached hydrogens (tertiary/aromatic N) is 4. The van der Waals surface area contributed by atoms with Crippen molar-refractivity contribution in [2.45, 2.75) is 71.9 Å². The summed E-state index contributed by atoms with van der Waals surface area (Å²) in [7, 11) is -1.73. The van der Waals surface area contributed by atoms with Crippen molar-refractivity contribution in [1.29, 1.82) is 0 Å². The molecule has 0 aliphatic rings. The third-order valence-electron chi connectivity index (χ3n) is 5.01. The molecule has 0 saturated heterocycles. The SMILES string of the molecule is CCCCS(=O)(=O)N(C)c1ccc(OCc2cn(CCCCCCC(C)=O)nn2)cc1. The van der Waals surface area contributed by atoms with Crippen molar-refractivity contribution < 1.29 is 17.9 Å². The summed E-state index contributed by atoms with van der Waals surface area (Å²) < 4.78 is 33.5. The van der Waals surface area contributed by atoms with Gasteiger partial charge in [-0.3, -0.25) is 8.99 Å². The minimum atomic E-state index is -3.30. The molecule has 1 aromatic heterocycles. The van der Waals surface area contributed by atoms with Gasteiger partial charge in [0, 0.05) is 20.0 Å². The molecule has 1 aromatic carbocycles. The zero-order chi connectivity index (χ0) is 22.7. The van der Waals surface area contributed by atoms with E-state index >= 15 is 0 Å². The topological polar surface area (TPSA) is 94.4 Å². The Morgan fingerprint density at radius 1 is 1.10 bits per heavy atom. The fraction of sp³-hybridized carbons (Fsp3) is 0.591. The van der Waals surface area contributed by atoms with Gasteiger partial charge in [-0.05, 0) is 50.5 Å². The summed E-state index contributed by atoms with van der Waals surface area (Å²) in [4.78, 5) is 10.9. The molecule has 31 heavy (non-hydrogen) atoms. The van der Waals surface area contributed by atoms with Crippen molar-refractivity contribution in [2.24, 2.45) is 0 Å². The molecule has 2 aromatic rings. The van der Waals surface area contributed by atoms with E-state index in [1.54, 1.807) is 38.2 Å². The first kappa shape index (κ1) is 24.8. The highest BCUT2D eigenvalue weighted by Crippen LogP contribution is 2.22. The number of hydrogen-bond donors (Lipinski definition) is 0. The Kier molecular flexibility index (Phi) is 9.97. The molecule has 0 saturated carbocycles. The summed E-state index contributed by atoms with van der Waals surface area (Å²) in [6, 6.07) is 6.99. The minimum Gasteiger partial charge on any atom is -0.487 e. The lowest BCUT2D eigenvalue weighted by Gasteiger charge is -2.19. The van der Waals surface area contributed by atoms with Crippen molar-refractivity contribution in [3.05, 3.63) is 36.2 Å². The lowest BCUT2D eigenvalue weighted by Crippen LogP contribution is -2.28. The Morgan fingerprint density at radius 2 is 1.81 bits per heavy atom. The van der Waals surface area contributed by atoms with E-state index in [0.29, 0.717) is 30.9 Å². The number of unbranched alkanes of at least 4 members (excludes halogenated alkanes) is 4. The van der Waals surface area contributed by atoms with E-state index in [-0.39, 0.29) is 11.5 Å². The van der Waals surface area contributed by atoms with E-state index in [4.69, 9.17) is 4.74 Å². The van der Waals surface area contributed by atoms with Crippen LogP contribution in [-0.2, 0) is 28.0 Å². The van der Waals surface area contributed by atoms with E-state index < -0.39 is 10.0 Å². The Hall–Kier alpha value is -2.42. The quantitative estimate of drug-likeness (QED) is 0.381. The largest absolute Gasteiger partial charge is 0.487 e. The maximum atomic E-state index is 12.3. The molecule has 0 spiro atoms. The number of carbonyl (C=O) groups is 1. The van der Waals surface area contributed by atoms with Gasteiger partial charge in [0.15, 0.2) is 0 Å². The van der Waals surface area contributed by atoms with E-state index in [1.807, 2.05) is 17.8 Å². The molecule has 9 heteroatoms. The molecule has 8 nitrogen and oxygen atoms in total. The zero-order valence-corrected chi connectivity index (χ0v) is 19.6. The Labute approximate surface area is 185 Å². The number of ketones is 1. The molecule has 2 rings (SSSR count). The van der Waals surface area contributed by atoms with Gasteiger partial charge in [0.1, 0.15) is 23.8 Å². The third kappa shape index (κ3) is 8.69. The van der Waals surface area contributed by atoms with Gasteiger partial charge in [0.2, 0.25) is 10.0 Å². The molecule has 0 bridgehead atoms. The standard InChI is InChI=1S/C22H34N4O4S/c1-4-5-16-31(28,29)25(3)21-11-13-22(14-12-21)30-18-20-17-26(24-23-20)15-9-7-6-8-10-19(2)27/h11-14,17H,4-10,15-16,18H2,1-3H3. The predicted octanol–water partition coefficient (Wildman–Crippen LogP) is 3.96. The Bertz CT molecular complexity index is 910. The van der Waals surface area contributed by atoms with Crippen molar-refractivity contribution in [1.82, 2.24) is 15.0 Å². The number of sulfonamides is 1. The number of Topliss-reactive ketones (excluding diaryl/α,β-unsaturated/α-hetero) is 1. The molecule has 1 heterocycles. The lowest BCUT2D eigenvalue weighted by molar-refractivity contribution is -0.117. The maximum Gasteiger partial charge on any atom is 0.234 e. The molecule has 0 amide bonds. The van der Waals surface area contributed by atoms with E-state index in [1.165, 1.54) is 4.31 Å². The van der Waals surface area contributed by atoms with E-state index in [9.17, 15) is 13.2 Å². The highest BCUT2D eigenvalue weighted by atomic mass is 32.2. The van der Waals surface area contributed by atoms with Gasteiger partial charge in [-0.15, -0.1) is 5.10 Å². The Morgan fingerprint density at radius 3 is 2.48 bits per heavy atom. The summed E-state index contributed by atoms with van der Waals surface area (Å²) in [5, 5.41) is 8.25. The van der Waals surface area contributed by atoms with Crippen molar-refractivity contribution in [3.8, 4) is 5.75 Å². The van der Waals surface area contributed by atoms with Gasteiger partial charge in [-0.25, -0.2) is 8.42 Å². The van der Waals surface area contributed by atoms with Gasteiger partial charge in [0.05, 0.1) is 17.6 Å². The van der Waals surface area contributed by atoms with Gasteiger partial charge in [0.25, 0.3) is 0 Å². The van der Waals surface area contributed by atoms with Crippen LogP contribution in [0, 0.1) is 0 Å². The second kappa shape index (κ2) is 12.4. The number of hydrogen-bond acceptors (Lipinski definition) is 6. The summed E-state index contributed by atoms with van der Waals surface area (Å²) in [6.07, 6.45) is 8.08. The summed E-state index contributed by atoms with van der Waals surface area (Å²) in [5.41, 5.74) is 1.35. The van der Waals surface area contributed by atoms with Crippen LogP contribution in [0.25, 0.3) is 0 Å². The van der Waals surface area contributed by atoms with Crippen LogP contribution in [0.3, 0.4) is 0 Å². The van der Waals surface area contributed by atoms with Gasteiger partial charge < -0.3 is 9.53 Å². The van der Waals surface area contributed by atoms with Crippen molar-refractivity contribution >= 4 is 21.5 Å². The number of rotatable bonds is 15. The number of carbonyl (C=O) groups excluding carboxylic acids is 1. The first-order valence-corrected chi connectivity index (χ1v) is 12.5. The molecule has 0 unspecified atom stereocenters. The van der Waals surface area contributed by atoms with Crippen LogP contribution in [0.1, 0.15) is 64.5 Å². The molecule has 0 aliphatic heterocycles. The Balaban J connectivity index is 1.76. The number of aromatic nitrogens is 3. The number of benzene rings is 1. The molecule has 172 valence electrons. The average Bonchev–Trinajstić information content (AvgIpc) is 3.20. The highest BCUT2D eigenvalue weighted by Gasteiger charge is 2.17. The normalized spacial score (nSPS) is 11.5. The molecule has 0 aliphatic carbocycles. The maximum absolute atomic E-state index is 12.3. The highest BCUT2D eigenvalue weighted by molar-refractivity contribution is 7.92. The van der Waals surface area contributed by atoms with Crippen molar-refractivity contribution in [3.63, 3.8) is 0 Å². The van der Waals surface area contributed by atoms with Crippen LogP contribution >= 0.6 is 0 Å². The summed E-state index contributed by atoms with van der Waals surface area (Å²) in [6.45, 7) is 4.69. The van der Waals surface area contributed by atoms with Gasteiger partial charge >= 0.3 is 0 Å². The zero-order valence-electron chi connectivity index (χ0n) is 18.8. The summed E-state index contributed by atoms with van der Waals surface area (Å²) in [5.74, 6) is 1.04. The molecule has 0 fully saturated rings. The smallest absolute Gasteiger partial charge is 0.234 e. The van der Waals surface area contributed by atoms with E-state index in [2.05, 4.69) is 10.3 Å².